The zero-order valence-corrected chi connectivity index (χ0v) is 18.3. The first-order valence-electron chi connectivity index (χ1n) is 10.9. The summed E-state index contributed by atoms with van der Waals surface area (Å²) >= 11 is 1.27. The highest BCUT2D eigenvalue weighted by molar-refractivity contribution is 7.14. The maximum Gasteiger partial charge on any atom is 0.273 e. The van der Waals surface area contributed by atoms with E-state index < -0.39 is 0 Å². The van der Waals surface area contributed by atoms with E-state index in [4.69, 9.17) is 0 Å². The fraction of sp³-hybridized carbons (Fsp3) is 0.500. The quantitative estimate of drug-likeness (QED) is 0.714. The number of aromatic nitrogens is 1. The molecule has 0 atom stereocenters. The van der Waals surface area contributed by atoms with Gasteiger partial charge in [0, 0.05) is 37.6 Å². The molecule has 0 spiro atoms. The molecular weight excluding hydrogens is 417 g/mol. The van der Waals surface area contributed by atoms with Crippen LogP contribution in [-0.4, -0.2) is 65.4 Å². The molecule has 1 saturated carbocycles. The number of amides is 2. The number of hydrogen-bond donors (Lipinski definition) is 2. The lowest BCUT2D eigenvalue weighted by Crippen LogP contribution is -2.52. The zero-order valence-electron chi connectivity index (χ0n) is 17.5. The number of nitrogens with one attached hydrogen (secondary N) is 2. The number of thiazole rings is 1. The highest BCUT2D eigenvalue weighted by Gasteiger charge is 2.25. The Kier molecular flexibility index (Phi) is 7.14. The van der Waals surface area contributed by atoms with E-state index in [0.717, 1.165) is 12.8 Å². The van der Waals surface area contributed by atoms with Gasteiger partial charge in [0.25, 0.3) is 5.91 Å². The Bertz CT molecular complexity index is 907. The number of anilines is 2. The minimum Gasteiger partial charge on any atom is -0.352 e. The van der Waals surface area contributed by atoms with Crippen LogP contribution in [-0.2, 0) is 4.79 Å². The van der Waals surface area contributed by atoms with E-state index in [1.807, 2.05) is 0 Å². The molecule has 2 aromatic rings. The first-order chi connectivity index (χ1) is 15.1. The van der Waals surface area contributed by atoms with Crippen molar-refractivity contribution in [2.75, 3.05) is 38.0 Å². The van der Waals surface area contributed by atoms with Crippen molar-refractivity contribution in [2.24, 2.45) is 0 Å². The smallest absolute Gasteiger partial charge is 0.273 e. The van der Waals surface area contributed by atoms with Crippen LogP contribution in [0.4, 0.5) is 15.2 Å². The van der Waals surface area contributed by atoms with Crippen LogP contribution in [0.1, 0.15) is 42.6 Å². The molecule has 0 bridgehead atoms. The summed E-state index contributed by atoms with van der Waals surface area (Å²) in [6, 6.07) is 6.68. The van der Waals surface area contributed by atoms with Crippen molar-refractivity contribution in [3.05, 3.63) is 41.2 Å². The normalized spacial score (nSPS) is 18.0. The lowest BCUT2D eigenvalue weighted by atomic mass is 9.95. The molecule has 1 saturated heterocycles. The Morgan fingerprint density at radius 3 is 2.58 bits per heavy atom. The number of piperazine rings is 1. The van der Waals surface area contributed by atoms with Gasteiger partial charge in [0.05, 0.1) is 12.2 Å². The molecular formula is C22H28FN5O2S. The van der Waals surface area contributed by atoms with Gasteiger partial charge in [-0.3, -0.25) is 14.5 Å². The molecule has 1 aromatic heterocycles. The van der Waals surface area contributed by atoms with Gasteiger partial charge in [-0.05, 0) is 25.0 Å². The standard InChI is InChI=1S/C22H28FN5O2S/c23-17-8-4-5-9-18(17)25-22-26-19(15-31-22)21(30)28-12-10-27(11-13-28)14-20(29)24-16-6-2-1-3-7-16/h4-5,8-9,15-16H,1-3,6-7,10-14H2,(H,24,29)(H,25,26). The van der Waals surface area contributed by atoms with Gasteiger partial charge in [-0.25, -0.2) is 9.37 Å². The number of benzene rings is 1. The molecule has 2 fully saturated rings. The average molecular weight is 446 g/mol. The molecule has 31 heavy (non-hydrogen) atoms. The topological polar surface area (TPSA) is 77.6 Å². The van der Waals surface area contributed by atoms with E-state index >= 15 is 0 Å². The molecule has 2 amide bonds. The van der Waals surface area contributed by atoms with E-state index in [1.54, 1.807) is 28.5 Å². The summed E-state index contributed by atoms with van der Waals surface area (Å²) in [5.74, 6) is -0.423. The van der Waals surface area contributed by atoms with Crippen LogP contribution in [0.5, 0.6) is 0 Å². The Labute approximate surface area is 185 Å². The monoisotopic (exact) mass is 445 g/mol. The second kappa shape index (κ2) is 10.2. The Morgan fingerprint density at radius 1 is 1.10 bits per heavy atom. The summed E-state index contributed by atoms with van der Waals surface area (Å²) in [5.41, 5.74) is 0.684. The molecule has 2 aliphatic rings. The molecule has 7 nitrogen and oxygen atoms in total. The van der Waals surface area contributed by atoms with Crippen LogP contribution in [0.15, 0.2) is 29.6 Å². The van der Waals surface area contributed by atoms with E-state index in [1.165, 1.54) is 36.7 Å². The third-order valence-corrected chi connectivity index (χ3v) is 6.59. The third-order valence-electron chi connectivity index (χ3n) is 5.84. The van der Waals surface area contributed by atoms with Crippen molar-refractivity contribution in [3.63, 3.8) is 0 Å². The summed E-state index contributed by atoms with van der Waals surface area (Å²) in [6.07, 6.45) is 5.81. The molecule has 1 aromatic carbocycles. The van der Waals surface area contributed by atoms with Crippen LogP contribution >= 0.6 is 11.3 Å². The number of carbonyl (C=O) groups excluding carboxylic acids is 2. The minimum absolute atomic E-state index is 0.0787. The highest BCUT2D eigenvalue weighted by atomic mass is 32.1. The zero-order chi connectivity index (χ0) is 21.6. The fourth-order valence-corrected chi connectivity index (χ4v) is 4.80. The average Bonchev–Trinajstić information content (AvgIpc) is 3.25. The van der Waals surface area contributed by atoms with E-state index in [0.29, 0.717) is 55.3 Å². The summed E-state index contributed by atoms with van der Waals surface area (Å²) in [4.78, 5) is 33.3. The van der Waals surface area contributed by atoms with Gasteiger partial charge in [-0.1, -0.05) is 31.4 Å². The molecule has 2 heterocycles. The largest absolute Gasteiger partial charge is 0.352 e. The fourth-order valence-electron chi connectivity index (χ4n) is 4.10. The van der Waals surface area contributed by atoms with Crippen LogP contribution in [0, 0.1) is 5.82 Å². The van der Waals surface area contributed by atoms with Crippen molar-refractivity contribution in [1.29, 1.82) is 0 Å². The highest BCUT2D eigenvalue weighted by Crippen LogP contribution is 2.24. The number of rotatable bonds is 6. The van der Waals surface area contributed by atoms with Crippen molar-refractivity contribution < 1.29 is 14.0 Å². The van der Waals surface area contributed by atoms with Crippen molar-refractivity contribution in [2.45, 2.75) is 38.1 Å². The predicted octanol–water partition coefficient (Wildman–Crippen LogP) is 3.23. The van der Waals surface area contributed by atoms with E-state index in [2.05, 4.69) is 20.5 Å². The van der Waals surface area contributed by atoms with Crippen LogP contribution < -0.4 is 10.6 Å². The lowest BCUT2D eigenvalue weighted by molar-refractivity contribution is -0.123. The molecule has 1 aliphatic heterocycles. The summed E-state index contributed by atoms with van der Waals surface area (Å²) in [5, 5.41) is 8.24. The first-order valence-corrected chi connectivity index (χ1v) is 11.7. The minimum atomic E-state index is -0.366. The molecule has 1 aliphatic carbocycles. The maximum atomic E-state index is 13.8. The van der Waals surface area contributed by atoms with Gasteiger partial charge in [0.2, 0.25) is 5.91 Å². The molecule has 0 radical (unpaired) electrons. The van der Waals surface area contributed by atoms with Crippen molar-refractivity contribution >= 4 is 34.0 Å². The molecule has 9 heteroatoms. The first kappa shape index (κ1) is 21.7. The van der Waals surface area contributed by atoms with Crippen LogP contribution in [0.2, 0.25) is 0 Å². The molecule has 2 N–H and O–H groups in total. The number of para-hydroxylation sites is 1. The SMILES string of the molecule is O=C(CN1CCN(C(=O)c2csc(Nc3ccccc3F)n2)CC1)NC1CCCCC1. The van der Waals surface area contributed by atoms with E-state index in [9.17, 15) is 14.0 Å². The predicted molar refractivity (Wildman–Crippen MR) is 119 cm³/mol. The van der Waals surface area contributed by atoms with Gasteiger partial charge in [0.1, 0.15) is 11.5 Å². The van der Waals surface area contributed by atoms with Gasteiger partial charge in [0.15, 0.2) is 5.13 Å². The number of nitrogens with zero attached hydrogens (tertiary/aromatic N) is 3. The van der Waals surface area contributed by atoms with Gasteiger partial charge < -0.3 is 15.5 Å². The Morgan fingerprint density at radius 2 is 1.84 bits per heavy atom. The third kappa shape index (κ3) is 5.80. The van der Waals surface area contributed by atoms with Gasteiger partial charge >= 0.3 is 0 Å². The number of carbonyl (C=O) groups is 2. The van der Waals surface area contributed by atoms with Crippen LogP contribution in [0.3, 0.4) is 0 Å². The molecule has 0 unspecified atom stereocenters. The number of hydrogen-bond acceptors (Lipinski definition) is 6. The summed E-state index contributed by atoms with van der Waals surface area (Å²) < 4.78 is 13.8. The van der Waals surface area contributed by atoms with Crippen molar-refractivity contribution in [1.82, 2.24) is 20.1 Å². The molecule has 4 rings (SSSR count). The van der Waals surface area contributed by atoms with E-state index in [-0.39, 0.29) is 17.6 Å². The van der Waals surface area contributed by atoms with Crippen LogP contribution in [0.25, 0.3) is 0 Å². The van der Waals surface area contributed by atoms with Gasteiger partial charge in [-0.2, -0.15) is 0 Å². The van der Waals surface area contributed by atoms with Gasteiger partial charge in [-0.15, -0.1) is 11.3 Å². The Hall–Kier alpha value is -2.52. The second-order valence-corrected chi connectivity index (χ2v) is 8.97. The Balaban J connectivity index is 1.24. The maximum absolute atomic E-state index is 13.8. The molecule has 166 valence electrons. The summed E-state index contributed by atoms with van der Waals surface area (Å²) in [7, 11) is 0. The van der Waals surface area contributed by atoms with Crippen molar-refractivity contribution in [3.8, 4) is 0 Å². The number of halogens is 1. The second-order valence-electron chi connectivity index (χ2n) is 8.11. The lowest BCUT2D eigenvalue weighted by Gasteiger charge is -2.34. The summed E-state index contributed by atoms with van der Waals surface area (Å²) in [6.45, 7) is 2.82.